The lowest BCUT2D eigenvalue weighted by atomic mass is 10.2. The summed E-state index contributed by atoms with van der Waals surface area (Å²) < 4.78 is 40.4. The summed E-state index contributed by atoms with van der Waals surface area (Å²) in [6, 6.07) is 0.459. The Kier molecular flexibility index (Phi) is 3.22. The van der Waals surface area contributed by atoms with E-state index in [4.69, 9.17) is 0 Å². The Bertz CT molecular complexity index is 580. The molecule has 0 aliphatic carbocycles. The van der Waals surface area contributed by atoms with E-state index in [1.54, 1.807) is 24.9 Å². The summed E-state index contributed by atoms with van der Waals surface area (Å²) in [5.41, 5.74) is 1.59. The molecular weight excluding hydrogens is 245 g/mol. The van der Waals surface area contributed by atoms with Gasteiger partial charge in [-0.25, -0.2) is 8.78 Å². The van der Waals surface area contributed by atoms with Crippen LogP contribution in [0.15, 0.2) is 12.3 Å². The molecule has 0 aliphatic heterocycles. The topological polar surface area (TPSA) is 42.7 Å². The standard InChI is InChI=1S/C11H11F3N4/c1-6-7(5-18(2)17-6)4-15-11-9(13)3-8(12)10(14)16-11/h3,5H,4H2,1-2H3,(H,15,16). The Hall–Kier alpha value is -2.05. The van der Waals surface area contributed by atoms with Gasteiger partial charge in [0.15, 0.2) is 17.5 Å². The number of pyridine rings is 1. The molecule has 0 aliphatic rings. The summed E-state index contributed by atoms with van der Waals surface area (Å²) in [5.74, 6) is -3.90. The van der Waals surface area contributed by atoms with Gasteiger partial charge >= 0.3 is 0 Å². The minimum Gasteiger partial charge on any atom is -0.363 e. The average molecular weight is 256 g/mol. The van der Waals surface area contributed by atoms with Crippen molar-refractivity contribution in [3.63, 3.8) is 0 Å². The highest BCUT2D eigenvalue weighted by atomic mass is 19.2. The fourth-order valence-corrected chi connectivity index (χ4v) is 1.57. The predicted octanol–water partition coefficient (Wildman–Crippen LogP) is 2.15. The molecule has 18 heavy (non-hydrogen) atoms. The molecule has 2 aromatic heterocycles. The first-order valence-electron chi connectivity index (χ1n) is 5.22. The predicted molar refractivity (Wildman–Crippen MR) is 59.4 cm³/mol. The lowest BCUT2D eigenvalue weighted by Gasteiger charge is -2.06. The van der Waals surface area contributed by atoms with Gasteiger partial charge in [0.25, 0.3) is 5.95 Å². The van der Waals surface area contributed by atoms with Gasteiger partial charge in [-0.2, -0.15) is 14.5 Å². The van der Waals surface area contributed by atoms with Crippen molar-refractivity contribution < 1.29 is 13.2 Å². The van der Waals surface area contributed by atoms with E-state index in [1.165, 1.54) is 0 Å². The molecule has 0 amide bonds. The molecule has 4 nitrogen and oxygen atoms in total. The molecule has 2 heterocycles. The van der Waals surface area contributed by atoms with Crippen LogP contribution in [-0.2, 0) is 13.6 Å². The second-order valence-corrected chi connectivity index (χ2v) is 3.86. The first-order chi connectivity index (χ1) is 8.47. The first kappa shape index (κ1) is 12.4. The third-order valence-electron chi connectivity index (χ3n) is 2.45. The molecule has 7 heteroatoms. The van der Waals surface area contributed by atoms with Gasteiger partial charge in [-0.05, 0) is 6.92 Å². The summed E-state index contributed by atoms with van der Waals surface area (Å²) in [5, 5.41) is 6.71. The van der Waals surface area contributed by atoms with Crippen molar-refractivity contribution >= 4 is 5.82 Å². The average Bonchev–Trinajstić information content (AvgIpc) is 2.61. The number of halogens is 3. The largest absolute Gasteiger partial charge is 0.363 e. The molecule has 1 N–H and O–H groups in total. The van der Waals surface area contributed by atoms with Crippen molar-refractivity contribution in [3.05, 3.63) is 41.1 Å². The van der Waals surface area contributed by atoms with Gasteiger partial charge in [0, 0.05) is 31.4 Å². The van der Waals surface area contributed by atoms with Gasteiger partial charge in [0.05, 0.1) is 5.69 Å². The van der Waals surface area contributed by atoms with Crippen molar-refractivity contribution in [2.45, 2.75) is 13.5 Å². The molecule has 2 rings (SSSR count). The minimum absolute atomic E-state index is 0.231. The minimum atomic E-state index is -1.33. The SMILES string of the molecule is Cc1nn(C)cc1CNc1nc(F)c(F)cc1F. The van der Waals surface area contributed by atoms with Gasteiger partial charge in [0.2, 0.25) is 0 Å². The Labute approximate surface area is 101 Å². The van der Waals surface area contributed by atoms with Crippen molar-refractivity contribution in [2.75, 3.05) is 5.32 Å². The van der Waals surface area contributed by atoms with Crippen LogP contribution in [0.1, 0.15) is 11.3 Å². The molecule has 0 saturated heterocycles. The van der Waals surface area contributed by atoms with Crippen LogP contribution in [0.3, 0.4) is 0 Å². The van der Waals surface area contributed by atoms with Crippen LogP contribution in [0.4, 0.5) is 19.0 Å². The Morgan fingerprint density at radius 2 is 2.00 bits per heavy atom. The van der Waals surface area contributed by atoms with Gasteiger partial charge in [0.1, 0.15) is 0 Å². The van der Waals surface area contributed by atoms with Crippen LogP contribution in [0, 0.1) is 24.5 Å². The number of aromatic nitrogens is 3. The van der Waals surface area contributed by atoms with Gasteiger partial charge < -0.3 is 5.32 Å². The summed E-state index contributed by atoms with van der Waals surface area (Å²) in [6.07, 6.45) is 1.75. The fraction of sp³-hybridized carbons (Fsp3) is 0.273. The quantitative estimate of drug-likeness (QED) is 0.856. The number of hydrogen-bond acceptors (Lipinski definition) is 3. The summed E-state index contributed by atoms with van der Waals surface area (Å²) >= 11 is 0. The van der Waals surface area contributed by atoms with E-state index in [1.807, 2.05) is 0 Å². The smallest absolute Gasteiger partial charge is 0.251 e. The van der Waals surface area contributed by atoms with E-state index in [2.05, 4.69) is 15.4 Å². The zero-order valence-corrected chi connectivity index (χ0v) is 9.84. The van der Waals surface area contributed by atoms with Crippen molar-refractivity contribution in [2.24, 2.45) is 7.05 Å². The van der Waals surface area contributed by atoms with Crippen LogP contribution < -0.4 is 5.32 Å². The third-order valence-corrected chi connectivity index (χ3v) is 2.45. The molecule has 0 aromatic carbocycles. The highest BCUT2D eigenvalue weighted by Gasteiger charge is 2.12. The van der Waals surface area contributed by atoms with E-state index in [0.29, 0.717) is 6.07 Å². The number of nitrogens with one attached hydrogen (secondary N) is 1. The molecule has 0 fully saturated rings. The maximum absolute atomic E-state index is 13.3. The normalized spacial score (nSPS) is 10.7. The van der Waals surface area contributed by atoms with Crippen LogP contribution in [0.2, 0.25) is 0 Å². The number of anilines is 1. The Morgan fingerprint density at radius 1 is 1.28 bits per heavy atom. The molecule has 0 saturated carbocycles. The molecule has 0 unspecified atom stereocenters. The fourth-order valence-electron chi connectivity index (χ4n) is 1.57. The highest BCUT2D eigenvalue weighted by Crippen LogP contribution is 2.15. The number of nitrogens with zero attached hydrogens (tertiary/aromatic N) is 3. The number of rotatable bonds is 3. The van der Waals surface area contributed by atoms with E-state index in [-0.39, 0.29) is 12.4 Å². The molecule has 96 valence electrons. The van der Waals surface area contributed by atoms with Gasteiger partial charge in [-0.3, -0.25) is 4.68 Å². The summed E-state index contributed by atoms with van der Waals surface area (Å²) in [4.78, 5) is 3.17. The van der Waals surface area contributed by atoms with Crippen LogP contribution in [0.25, 0.3) is 0 Å². The third kappa shape index (κ3) is 2.44. The van der Waals surface area contributed by atoms with Crippen molar-refractivity contribution in [1.82, 2.24) is 14.8 Å². The molecule has 0 bridgehead atoms. The monoisotopic (exact) mass is 256 g/mol. The van der Waals surface area contributed by atoms with Crippen LogP contribution in [-0.4, -0.2) is 14.8 Å². The lowest BCUT2D eigenvalue weighted by molar-refractivity contribution is 0.466. The zero-order chi connectivity index (χ0) is 13.3. The Balaban J connectivity index is 2.15. The highest BCUT2D eigenvalue weighted by molar-refractivity contribution is 5.37. The van der Waals surface area contributed by atoms with E-state index >= 15 is 0 Å². The second kappa shape index (κ2) is 4.67. The Morgan fingerprint density at radius 3 is 2.61 bits per heavy atom. The van der Waals surface area contributed by atoms with Crippen LogP contribution >= 0.6 is 0 Å². The van der Waals surface area contributed by atoms with Gasteiger partial charge in [-0.15, -0.1) is 0 Å². The van der Waals surface area contributed by atoms with Crippen molar-refractivity contribution in [1.29, 1.82) is 0 Å². The zero-order valence-electron chi connectivity index (χ0n) is 9.84. The lowest BCUT2D eigenvalue weighted by Crippen LogP contribution is -2.06. The van der Waals surface area contributed by atoms with Crippen LogP contribution in [0.5, 0.6) is 0 Å². The number of hydrogen-bond donors (Lipinski definition) is 1. The maximum atomic E-state index is 13.3. The first-order valence-corrected chi connectivity index (χ1v) is 5.22. The number of aryl methyl sites for hydroxylation is 2. The van der Waals surface area contributed by atoms with E-state index in [0.717, 1.165) is 11.3 Å². The molecular formula is C11H11F3N4. The van der Waals surface area contributed by atoms with E-state index in [9.17, 15) is 13.2 Å². The summed E-state index contributed by atoms with van der Waals surface area (Å²) in [7, 11) is 1.76. The maximum Gasteiger partial charge on any atom is 0.251 e. The molecule has 0 radical (unpaired) electrons. The summed E-state index contributed by atoms with van der Waals surface area (Å²) in [6.45, 7) is 2.03. The van der Waals surface area contributed by atoms with Gasteiger partial charge in [-0.1, -0.05) is 0 Å². The molecule has 0 spiro atoms. The van der Waals surface area contributed by atoms with Crippen molar-refractivity contribution in [3.8, 4) is 0 Å². The second-order valence-electron chi connectivity index (χ2n) is 3.86. The van der Waals surface area contributed by atoms with E-state index < -0.39 is 17.6 Å². The molecule has 2 aromatic rings. The molecule has 0 atom stereocenters.